The zero-order chi connectivity index (χ0) is 19.4. The summed E-state index contributed by atoms with van der Waals surface area (Å²) in [5, 5.41) is 5.22. The Hall–Kier alpha value is -2.50. The molecule has 1 fully saturated rings. The lowest BCUT2D eigenvalue weighted by molar-refractivity contribution is 0.326. The minimum absolute atomic E-state index is 0.299. The Morgan fingerprint density at radius 3 is 2.52 bits per heavy atom. The smallest absolute Gasteiger partial charge is 0.229 e. The summed E-state index contributed by atoms with van der Waals surface area (Å²) in [6.45, 7) is 12.1. The number of rotatable bonds is 3. The Morgan fingerprint density at radius 1 is 1.11 bits per heavy atom. The first-order valence-electron chi connectivity index (χ1n) is 9.92. The van der Waals surface area contributed by atoms with Gasteiger partial charge >= 0.3 is 0 Å². The average molecular weight is 367 g/mol. The van der Waals surface area contributed by atoms with Crippen LogP contribution in [0.2, 0.25) is 0 Å². The van der Waals surface area contributed by atoms with Crippen LogP contribution in [0.4, 0.5) is 5.82 Å². The van der Waals surface area contributed by atoms with E-state index in [0.29, 0.717) is 11.8 Å². The second kappa shape index (κ2) is 8.46. The second-order valence-electron chi connectivity index (χ2n) is 7.08. The normalized spacial score (nSPS) is 15.1. The van der Waals surface area contributed by atoms with Crippen LogP contribution in [0, 0.1) is 6.92 Å². The molecule has 0 N–H and O–H groups in total. The number of fused-ring (bicyclic) bond motifs is 1. The Morgan fingerprint density at radius 2 is 1.85 bits per heavy atom. The minimum atomic E-state index is 0.299. The Balaban J connectivity index is 0.00000102. The Labute approximate surface area is 161 Å². The molecule has 0 unspecified atom stereocenters. The van der Waals surface area contributed by atoms with Crippen molar-refractivity contribution < 1.29 is 4.52 Å². The van der Waals surface area contributed by atoms with Gasteiger partial charge in [-0.25, -0.2) is 9.97 Å². The van der Waals surface area contributed by atoms with Crippen LogP contribution in [0.15, 0.2) is 29.0 Å². The van der Waals surface area contributed by atoms with Crippen molar-refractivity contribution in [2.75, 3.05) is 18.0 Å². The van der Waals surface area contributed by atoms with Gasteiger partial charge in [-0.3, -0.25) is 0 Å². The topological polar surface area (TPSA) is 67.9 Å². The van der Waals surface area contributed by atoms with Crippen molar-refractivity contribution >= 4 is 16.7 Å². The summed E-state index contributed by atoms with van der Waals surface area (Å²) in [6, 6.07) is 6.27. The highest BCUT2D eigenvalue weighted by Gasteiger charge is 2.27. The van der Waals surface area contributed by atoms with Crippen LogP contribution in [0.1, 0.15) is 69.7 Å². The standard InChI is InChI=1S/C19H23N5O.C2H6/c1-12(2)17-22-19(25-23-17)14-7-9-24(10-8-14)18-15-6-4-5-13(3)16(15)20-11-21-18;1-2/h4-6,11-12,14H,7-10H2,1-3H3;1-2H3. The largest absolute Gasteiger partial charge is 0.356 e. The number of hydrogen-bond acceptors (Lipinski definition) is 6. The second-order valence-corrected chi connectivity index (χ2v) is 7.08. The molecule has 1 saturated heterocycles. The molecule has 0 bridgehead atoms. The fourth-order valence-corrected chi connectivity index (χ4v) is 3.46. The molecule has 0 amide bonds. The summed E-state index contributed by atoms with van der Waals surface area (Å²) in [5.74, 6) is 3.25. The molecule has 0 saturated carbocycles. The number of aryl methyl sites for hydroxylation is 1. The zero-order valence-corrected chi connectivity index (χ0v) is 16.9. The molecule has 3 aromatic rings. The van der Waals surface area contributed by atoms with E-state index in [0.717, 1.165) is 54.4 Å². The van der Waals surface area contributed by atoms with E-state index in [9.17, 15) is 0 Å². The molecule has 1 aliphatic rings. The Bertz CT molecular complexity index is 881. The van der Waals surface area contributed by atoms with Crippen LogP contribution in [0.25, 0.3) is 10.9 Å². The van der Waals surface area contributed by atoms with Crippen molar-refractivity contribution in [3.05, 3.63) is 41.8 Å². The number of piperidine rings is 1. The predicted octanol–water partition coefficient (Wildman–Crippen LogP) is 4.85. The molecule has 6 nitrogen and oxygen atoms in total. The summed E-state index contributed by atoms with van der Waals surface area (Å²) in [6.07, 6.45) is 3.66. The first-order chi connectivity index (χ1) is 13.1. The summed E-state index contributed by atoms with van der Waals surface area (Å²) in [7, 11) is 0. The number of anilines is 1. The molecule has 0 spiro atoms. The van der Waals surface area contributed by atoms with Crippen LogP contribution in [0.3, 0.4) is 0 Å². The highest BCUT2D eigenvalue weighted by atomic mass is 16.5. The third-order valence-electron chi connectivity index (χ3n) is 4.96. The molecule has 6 heteroatoms. The van der Waals surface area contributed by atoms with E-state index in [1.165, 1.54) is 5.56 Å². The van der Waals surface area contributed by atoms with Crippen molar-refractivity contribution in [3.8, 4) is 0 Å². The fraction of sp³-hybridized carbons (Fsp3) is 0.524. The lowest BCUT2D eigenvalue weighted by Gasteiger charge is -2.31. The van der Waals surface area contributed by atoms with Crippen LogP contribution >= 0.6 is 0 Å². The van der Waals surface area contributed by atoms with E-state index in [4.69, 9.17) is 4.52 Å². The van der Waals surface area contributed by atoms with Crippen molar-refractivity contribution in [2.45, 2.75) is 59.3 Å². The number of benzene rings is 1. The summed E-state index contributed by atoms with van der Waals surface area (Å²) >= 11 is 0. The van der Waals surface area contributed by atoms with E-state index in [-0.39, 0.29) is 0 Å². The maximum absolute atomic E-state index is 5.49. The third kappa shape index (κ3) is 3.94. The van der Waals surface area contributed by atoms with Gasteiger partial charge in [0.25, 0.3) is 0 Å². The van der Waals surface area contributed by atoms with Crippen molar-refractivity contribution in [2.24, 2.45) is 0 Å². The lowest BCUT2D eigenvalue weighted by atomic mass is 9.96. The number of nitrogens with zero attached hydrogens (tertiary/aromatic N) is 5. The first-order valence-corrected chi connectivity index (χ1v) is 9.92. The lowest BCUT2D eigenvalue weighted by Crippen LogP contribution is -2.33. The summed E-state index contributed by atoms with van der Waals surface area (Å²) in [4.78, 5) is 15.9. The molecule has 1 aliphatic heterocycles. The molecule has 3 heterocycles. The molecule has 0 radical (unpaired) electrons. The van der Waals surface area contributed by atoms with Gasteiger partial charge in [0.1, 0.15) is 12.1 Å². The van der Waals surface area contributed by atoms with E-state index >= 15 is 0 Å². The maximum Gasteiger partial charge on any atom is 0.229 e. The maximum atomic E-state index is 5.49. The highest BCUT2D eigenvalue weighted by Crippen LogP contribution is 2.32. The van der Waals surface area contributed by atoms with Gasteiger partial charge in [-0.2, -0.15) is 4.98 Å². The molecule has 0 aliphatic carbocycles. The quantitative estimate of drug-likeness (QED) is 0.659. The Kier molecular flexibility index (Phi) is 6.04. The number of aromatic nitrogens is 4. The van der Waals surface area contributed by atoms with Crippen molar-refractivity contribution in [1.82, 2.24) is 20.1 Å². The van der Waals surface area contributed by atoms with Gasteiger partial charge in [0.05, 0.1) is 5.52 Å². The first kappa shape index (κ1) is 19.3. The van der Waals surface area contributed by atoms with Gasteiger partial charge in [0, 0.05) is 30.3 Å². The molecule has 27 heavy (non-hydrogen) atoms. The molecular weight excluding hydrogens is 338 g/mol. The van der Waals surface area contributed by atoms with Crippen molar-refractivity contribution in [1.29, 1.82) is 0 Å². The van der Waals surface area contributed by atoms with Gasteiger partial charge in [-0.1, -0.05) is 45.0 Å². The van der Waals surface area contributed by atoms with Gasteiger partial charge in [-0.15, -0.1) is 0 Å². The minimum Gasteiger partial charge on any atom is -0.356 e. The molecule has 1 aromatic carbocycles. The van der Waals surface area contributed by atoms with Gasteiger partial charge in [-0.05, 0) is 31.4 Å². The predicted molar refractivity (Wildman–Crippen MR) is 108 cm³/mol. The highest BCUT2D eigenvalue weighted by molar-refractivity contribution is 5.91. The van der Waals surface area contributed by atoms with E-state index < -0.39 is 0 Å². The van der Waals surface area contributed by atoms with Crippen molar-refractivity contribution in [3.63, 3.8) is 0 Å². The van der Waals surface area contributed by atoms with Crippen LogP contribution in [-0.2, 0) is 0 Å². The summed E-state index contributed by atoms with van der Waals surface area (Å²) < 4.78 is 5.49. The van der Waals surface area contributed by atoms with Gasteiger partial charge in [0.2, 0.25) is 5.89 Å². The third-order valence-corrected chi connectivity index (χ3v) is 4.96. The average Bonchev–Trinajstić information content (AvgIpc) is 3.20. The molecule has 4 rings (SSSR count). The molecule has 2 aromatic heterocycles. The van der Waals surface area contributed by atoms with Crippen LogP contribution in [-0.4, -0.2) is 33.2 Å². The van der Waals surface area contributed by atoms with Gasteiger partial charge < -0.3 is 9.42 Å². The zero-order valence-electron chi connectivity index (χ0n) is 16.9. The molecular formula is C21H29N5O. The summed E-state index contributed by atoms with van der Waals surface area (Å²) in [5.41, 5.74) is 2.22. The fourth-order valence-electron chi connectivity index (χ4n) is 3.46. The molecule has 0 atom stereocenters. The number of para-hydroxylation sites is 1. The number of hydrogen-bond donors (Lipinski definition) is 0. The van der Waals surface area contributed by atoms with Gasteiger partial charge in [0.15, 0.2) is 5.82 Å². The SMILES string of the molecule is CC.Cc1cccc2c(N3CCC(c4nc(C(C)C)no4)CC3)ncnc12. The van der Waals surface area contributed by atoms with E-state index in [2.05, 4.69) is 64.0 Å². The molecule has 144 valence electrons. The monoisotopic (exact) mass is 367 g/mol. The van der Waals surface area contributed by atoms with E-state index in [1.807, 2.05) is 13.8 Å². The van der Waals surface area contributed by atoms with Crippen LogP contribution < -0.4 is 4.90 Å². The van der Waals surface area contributed by atoms with Crippen LogP contribution in [0.5, 0.6) is 0 Å². The van der Waals surface area contributed by atoms with E-state index in [1.54, 1.807) is 6.33 Å².